The summed E-state index contributed by atoms with van der Waals surface area (Å²) >= 11 is 0. The van der Waals surface area contributed by atoms with Crippen LogP contribution in [0.5, 0.6) is 0 Å². The van der Waals surface area contributed by atoms with Gasteiger partial charge in [-0.05, 0) is 36.5 Å². The molecule has 0 saturated carbocycles. The Morgan fingerprint density at radius 2 is 1.26 bits per heavy atom. The first-order chi connectivity index (χ1) is 8.91. The van der Waals surface area contributed by atoms with E-state index in [1.807, 2.05) is 43.3 Å². The zero-order valence-electron chi connectivity index (χ0n) is 12.1. The number of aryl methyl sites for hydroxylation is 1. The third-order valence-corrected chi connectivity index (χ3v) is 3.75. The topological polar surface area (TPSA) is 20.2 Å². The quantitative estimate of drug-likeness (QED) is 0.862. The molecule has 1 atom stereocenters. The summed E-state index contributed by atoms with van der Waals surface area (Å²) in [5, 5.41) is 10.8. The van der Waals surface area contributed by atoms with Crippen molar-refractivity contribution in [1.29, 1.82) is 0 Å². The number of hydrogen-bond donors (Lipinski definition) is 1. The SMILES string of the molecule is Cc1ccc(C(C)(O)c2ccc(C(C)C)cc2)cc1. The van der Waals surface area contributed by atoms with Gasteiger partial charge < -0.3 is 5.11 Å². The van der Waals surface area contributed by atoms with Gasteiger partial charge in [0.25, 0.3) is 0 Å². The molecule has 0 saturated heterocycles. The van der Waals surface area contributed by atoms with Crippen LogP contribution >= 0.6 is 0 Å². The van der Waals surface area contributed by atoms with Crippen molar-refractivity contribution in [2.75, 3.05) is 0 Å². The molecule has 0 amide bonds. The van der Waals surface area contributed by atoms with Gasteiger partial charge in [-0.25, -0.2) is 0 Å². The molecular formula is C18H22O. The Kier molecular flexibility index (Phi) is 3.77. The lowest BCUT2D eigenvalue weighted by Crippen LogP contribution is -2.22. The van der Waals surface area contributed by atoms with Crippen LogP contribution in [0.25, 0.3) is 0 Å². The molecule has 0 aromatic heterocycles. The minimum Gasteiger partial charge on any atom is -0.381 e. The van der Waals surface area contributed by atoms with Gasteiger partial charge in [-0.2, -0.15) is 0 Å². The van der Waals surface area contributed by atoms with E-state index in [9.17, 15) is 5.11 Å². The van der Waals surface area contributed by atoms with Crippen LogP contribution in [0.2, 0.25) is 0 Å². The van der Waals surface area contributed by atoms with Gasteiger partial charge in [-0.15, -0.1) is 0 Å². The second-order valence-corrected chi connectivity index (χ2v) is 5.71. The summed E-state index contributed by atoms with van der Waals surface area (Å²) in [5.74, 6) is 0.512. The second kappa shape index (κ2) is 5.18. The van der Waals surface area contributed by atoms with Crippen molar-refractivity contribution in [1.82, 2.24) is 0 Å². The highest BCUT2D eigenvalue weighted by atomic mass is 16.3. The Balaban J connectivity index is 2.35. The Morgan fingerprint density at radius 1 is 0.842 bits per heavy atom. The molecule has 2 aromatic rings. The first-order valence-corrected chi connectivity index (χ1v) is 6.81. The fourth-order valence-electron chi connectivity index (χ4n) is 2.24. The molecule has 0 radical (unpaired) electrons. The van der Waals surface area contributed by atoms with Crippen molar-refractivity contribution in [3.63, 3.8) is 0 Å². The molecule has 19 heavy (non-hydrogen) atoms. The zero-order valence-corrected chi connectivity index (χ0v) is 12.1. The molecule has 0 heterocycles. The van der Waals surface area contributed by atoms with Gasteiger partial charge in [0.15, 0.2) is 0 Å². The van der Waals surface area contributed by atoms with Gasteiger partial charge >= 0.3 is 0 Å². The van der Waals surface area contributed by atoms with Crippen molar-refractivity contribution in [2.45, 2.75) is 39.2 Å². The van der Waals surface area contributed by atoms with E-state index in [1.165, 1.54) is 11.1 Å². The third kappa shape index (κ3) is 2.87. The number of aliphatic hydroxyl groups is 1. The number of benzene rings is 2. The fraction of sp³-hybridized carbons (Fsp3) is 0.333. The van der Waals surface area contributed by atoms with E-state index in [-0.39, 0.29) is 0 Å². The maximum Gasteiger partial charge on any atom is 0.112 e. The molecule has 1 N–H and O–H groups in total. The van der Waals surface area contributed by atoms with E-state index in [1.54, 1.807) is 0 Å². The Morgan fingerprint density at radius 3 is 1.68 bits per heavy atom. The summed E-state index contributed by atoms with van der Waals surface area (Å²) in [4.78, 5) is 0. The van der Waals surface area contributed by atoms with Gasteiger partial charge in [0, 0.05) is 0 Å². The highest BCUT2D eigenvalue weighted by Gasteiger charge is 2.25. The van der Waals surface area contributed by atoms with Gasteiger partial charge in [0.05, 0.1) is 0 Å². The van der Waals surface area contributed by atoms with Crippen LogP contribution in [0, 0.1) is 6.92 Å². The average Bonchev–Trinajstić information content (AvgIpc) is 2.39. The van der Waals surface area contributed by atoms with Crippen LogP contribution in [-0.4, -0.2) is 5.11 Å². The maximum absolute atomic E-state index is 10.8. The summed E-state index contributed by atoms with van der Waals surface area (Å²) in [6, 6.07) is 16.3. The first kappa shape index (κ1) is 13.8. The molecule has 2 aromatic carbocycles. The van der Waals surface area contributed by atoms with Crippen LogP contribution in [0.1, 0.15) is 48.9 Å². The molecule has 1 heteroatoms. The lowest BCUT2D eigenvalue weighted by Gasteiger charge is -2.25. The van der Waals surface area contributed by atoms with Crippen molar-refractivity contribution < 1.29 is 5.11 Å². The predicted molar refractivity (Wildman–Crippen MR) is 80.4 cm³/mol. The van der Waals surface area contributed by atoms with Gasteiger partial charge in [0.2, 0.25) is 0 Å². The zero-order chi connectivity index (χ0) is 14.0. The van der Waals surface area contributed by atoms with Crippen LogP contribution in [-0.2, 0) is 5.60 Å². The predicted octanol–water partition coefficient (Wildman–Crippen LogP) is 4.37. The number of rotatable bonds is 3. The molecule has 2 rings (SSSR count). The fourth-order valence-corrected chi connectivity index (χ4v) is 2.24. The monoisotopic (exact) mass is 254 g/mol. The summed E-state index contributed by atoms with van der Waals surface area (Å²) < 4.78 is 0. The normalized spacial score (nSPS) is 14.4. The molecule has 0 aliphatic heterocycles. The summed E-state index contributed by atoms with van der Waals surface area (Å²) in [6.45, 7) is 8.25. The van der Waals surface area contributed by atoms with E-state index in [0.717, 1.165) is 11.1 Å². The van der Waals surface area contributed by atoms with Crippen LogP contribution in [0.4, 0.5) is 0 Å². The van der Waals surface area contributed by atoms with E-state index in [4.69, 9.17) is 0 Å². The van der Waals surface area contributed by atoms with Crippen molar-refractivity contribution in [3.05, 3.63) is 70.8 Å². The van der Waals surface area contributed by atoms with E-state index in [0.29, 0.717) is 5.92 Å². The van der Waals surface area contributed by atoms with Crippen LogP contribution in [0.3, 0.4) is 0 Å². The van der Waals surface area contributed by atoms with Crippen molar-refractivity contribution in [3.8, 4) is 0 Å². The van der Waals surface area contributed by atoms with E-state index >= 15 is 0 Å². The van der Waals surface area contributed by atoms with Crippen LogP contribution < -0.4 is 0 Å². The minimum atomic E-state index is -0.941. The molecule has 0 aliphatic carbocycles. The molecule has 0 spiro atoms. The average molecular weight is 254 g/mol. The molecule has 0 aliphatic rings. The largest absolute Gasteiger partial charge is 0.381 e. The standard InChI is InChI=1S/C18H22O/c1-13(2)15-7-11-17(12-8-15)18(4,19)16-9-5-14(3)6-10-16/h5-13,19H,1-4H3. The molecule has 0 fully saturated rings. The Bertz CT molecular complexity index is 533. The molecular weight excluding hydrogens is 232 g/mol. The second-order valence-electron chi connectivity index (χ2n) is 5.71. The number of hydrogen-bond acceptors (Lipinski definition) is 1. The minimum absolute atomic E-state index is 0.512. The molecule has 0 bridgehead atoms. The summed E-state index contributed by atoms with van der Waals surface area (Å²) in [5.41, 5.74) is 3.41. The van der Waals surface area contributed by atoms with Gasteiger partial charge in [0.1, 0.15) is 5.60 Å². The Labute approximate surface area is 115 Å². The van der Waals surface area contributed by atoms with E-state index < -0.39 is 5.60 Å². The van der Waals surface area contributed by atoms with Gasteiger partial charge in [-0.3, -0.25) is 0 Å². The van der Waals surface area contributed by atoms with E-state index in [2.05, 4.69) is 32.9 Å². The summed E-state index contributed by atoms with van der Waals surface area (Å²) in [7, 11) is 0. The lowest BCUT2D eigenvalue weighted by atomic mass is 9.87. The van der Waals surface area contributed by atoms with Crippen molar-refractivity contribution in [2.24, 2.45) is 0 Å². The highest BCUT2D eigenvalue weighted by molar-refractivity contribution is 5.38. The maximum atomic E-state index is 10.8. The Hall–Kier alpha value is -1.60. The molecule has 100 valence electrons. The van der Waals surface area contributed by atoms with Crippen molar-refractivity contribution >= 4 is 0 Å². The van der Waals surface area contributed by atoms with Gasteiger partial charge in [-0.1, -0.05) is 67.9 Å². The lowest BCUT2D eigenvalue weighted by molar-refractivity contribution is 0.102. The first-order valence-electron chi connectivity index (χ1n) is 6.81. The third-order valence-electron chi connectivity index (χ3n) is 3.75. The smallest absolute Gasteiger partial charge is 0.112 e. The highest BCUT2D eigenvalue weighted by Crippen LogP contribution is 2.30. The molecule has 1 unspecified atom stereocenters. The van der Waals surface area contributed by atoms with Crippen LogP contribution in [0.15, 0.2) is 48.5 Å². The molecule has 1 nitrogen and oxygen atoms in total. The summed E-state index contributed by atoms with van der Waals surface area (Å²) in [6.07, 6.45) is 0.